The molecule has 0 aliphatic carbocycles. The maximum absolute atomic E-state index is 12.2. The molecule has 0 radical (unpaired) electrons. The van der Waals surface area contributed by atoms with Crippen molar-refractivity contribution in [3.05, 3.63) is 66.7 Å². The summed E-state index contributed by atoms with van der Waals surface area (Å²) in [6, 6.07) is 13.6. The first kappa shape index (κ1) is 20.5. The molecule has 0 spiro atoms. The second-order valence-electron chi connectivity index (χ2n) is 6.13. The molecule has 0 aliphatic heterocycles. The Morgan fingerprint density at radius 2 is 1.59 bits per heavy atom. The summed E-state index contributed by atoms with van der Waals surface area (Å²) in [4.78, 5) is 12.2. The molecule has 0 N–H and O–H groups in total. The van der Waals surface area contributed by atoms with Crippen LogP contribution in [0.4, 0.5) is 0 Å². The largest absolute Gasteiger partial charge is 0.490 e. The molecule has 5 nitrogen and oxygen atoms in total. The fourth-order valence-corrected chi connectivity index (χ4v) is 2.09. The molecule has 5 heteroatoms. The molecule has 2 rings (SSSR count). The Balaban J connectivity index is 1.81. The van der Waals surface area contributed by atoms with E-state index in [-0.39, 0.29) is 6.79 Å². The van der Waals surface area contributed by atoms with Gasteiger partial charge in [-0.05, 0) is 54.4 Å². The van der Waals surface area contributed by atoms with Crippen LogP contribution in [-0.2, 0) is 4.74 Å². The molecule has 0 aromatic heterocycles. The molecular formula is C22H26O5. The first-order chi connectivity index (χ1) is 13.1. The maximum atomic E-state index is 12.2. The third-order valence-electron chi connectivity index (χ3n) is 3.90. The number of esters is 1. The van der Waals surface area contributed by atoms with Gasteiger partial charge in [-0.1, -0.05) is 32.9 Å². The lowest BCUT2D eigenvalue weighted by Gasteiger charge is -2.11. The summed E-state index contributed by atoms with van der Waals surface area (Å²) >= 11 is 0. The summed E-state index contributed by atoms with van der Waals surface area (Å²) in [5.74, 6) is 1.85. The molecule has 0 bridgehead atoms. The van der Waals surface area contributed by atoms with Crippen molar-refractivity contribution in [3.8, 4) is 17.2 Å². The first-order valence-electron chi connectivity index (χ1n) is 8.99. The lowest BCUT2D eigenvalue weighted by molar-refractivity contribution is -0.000232. The van der Waals surface area contributed by atoms with Gasteiger partial charge in [-0.3, -0.25) is 0 Å². The Bertz CT molecular complexity index is 706. The maximum Gasteiger partial charge on any atom is 0.343 e. The van der Waals surface area contributed by atoms with E-state index in [2.05, 4.69) is 20.4 Å². The molecule has 1 atom stereocenters. The number of benzene rings is 2. The normalized spacial score (nSPS) is 11.5. The van der Waals surface area contributed by atoms with E-state index < -0.39 is 5.97 Å². The van der Waals surface area contributed by atoms with Crippen LogP contribution in [-0.4, -0.2) is 26.0 Å². The summed E-state index contributed by atoms with van der Waals surface area (Å²) in [7, 11) is 0. The van der Waals surface area contributed by atoms with Crippen LogP contribution in [0.25, 0.3) is 0 Å². The summed E-state index contributed by atoms with van der Waals surface area (Å²) in [5, 5.41) is 0. The van der Waals surface area contributed by atoms with Gasteiger partial charge in [0.2, 0.25) is 0 Å². The van der Waals surface area contributed by atoms with Gasteiger partial charge < -0.3 is 18.9 Å². The van der Waals surface area contributed by atoms with Crippen molar-refractivity contribution in [2.45, 2.75) is 20.3 Å². The quantitative estimate of drug-likeness (QED) is 0.186. The molecule has 0 aliphatic rings. The average Bonchev–Trinajstić information content (AvgIpc) is 2.71. The van der Waals surface area contributed by atoms with Crippen LogP contribution in [0.15, 0.2) is 61.2 Å². The topological polar surface area (TPSA) is 54.0 Å². The number of hydrogen-bond acceptors (Lipinski definition) is 5. The molecule has 2 aromatic carbocycles. The SMILES string of the molecule is C=CCOc1ccc(C(=O)Oc2ccc(OCOCC(C)CC)cc2)cc1. The standard InChI is InChI=1S/C22H26O5/c1-4-14-25-19-8-6-18(7-9-19)22(23)27-21-12-10-20(11-13-21)26-16-24-15-17(3)5-2/h4,6-13,17H,1,5,14-16H2,2-3H3. The molecule has 0 heterocycles. The highest BCUT2D eigenvalue weighted by Crippen LogP contribution is 2.20. The minimum Gasteiger partial charge on any atom is -0.490 e. The number of rotatable bonds is 11. The van der Waals surface area contributed by atoms with Crippen LogP contribution in [0.1, 0.15) is 30.6 Å². The molecule has 0 saturated heterocycles. The van der Waals surface area contributed by atoms with Gasteiger partial charge in [0, 0.05) is 0 Å². The van der Waals surface area contributed by atoms with Crippen molar-refractivity contribution < 1.29 is 23.7 Å². The van der Waals surface area contributed by atoms with Gasteiger partial charge in [-0.25, -0.2) is 4.79 Å². The number of carbonyl (C=O) groups excluding carboxylic acids is 1. The molecule has 0 fully saturated rings. The van der Waals surface area contributed by atoms with Gasteiger partial charge >= 0.3 is 5.97 Å². The minimum absolute atomic E-state index is 0.198. The summed E-state index contributed by atoms with van der Waals surface area (Å²) in [5.41, 5.74) is 0.444. The Kier molecular flexibility index (Phi) is 8.39. The molecule has 2 aromatic rings. The average molecular weight is 370 g/mol. The highest BCUT2D eigenvalue weighted by atomic mass is 16.7. The Hall–Kier alpha value is -2.79. The van der Waals surface area contributed by atoms with Crippen LogP contribution in [0.3, 0.4) is 0 Å². The van der Waals surface area contributed by atoms with E-state index in [0.29, 0.717) is 41.9 Å². The fraction of sp³-hybridized carbons (Fsp3) is 0.318. The third-order valence-corrected chi connectivity index (χ3v) is 3.90. The second kappa shape index (κ2) is 11.0. The second-order valence-corrected chi connectivity index (χ2v) is 6.13. The van der Waals surface area contributed by atoms with E-state index in [9.17, 15) is 4.79 Å². The first-order valence-corrected chi connectivity index (χ1v) is 8.99. The van der Waals surface area contributed by atoms with Crippen molar-refractivity contribution in [1.29, 1.82) is 0 Å². The number of ether oxygens (including phenoxy) is 4. The Labute approximate surface area is 160 Å². The number of hydrogen-bond donors (Lipinski definition) is 0. The molecule has 1 unspecified atom stereocenters. The van der Waals surface area contributed by atoms with Gasteiger partial charge in [0.1, 0.15) is 23.9 Å². The van der Waals surface area contributed by atoms with Gasteiger partial charge in [0.25, 0.3) is 0 Å². The van der Waals surface area contributed by atoms with Crippen molar-refractivity contribution in [1.82, 2.24) is 0 Å². The fourth-order valence-electron chi connectivity index (χ4n) is 2.09. The van der Waals surface area contributed by atoms with Gasteiger partial charge in [0.15, 0.2) is 6.79 Å². The lowest BCUT2D eigenvalue weighted by Crippen LogP contribution is -2.10. The van der Waals surface area contributed by atoms with Crippen molar-refractivity contribution >= 4 is 5.97 Å². The zero-order chi connectivity index (χ0) is 19.5. The molecular weight excluding hydrogens is 344 g/mol. The van der Waals surface area contributed by atoms with Crippen molar-refractivity contribution in [2.75, 3.05) is 20.0 Å². The van der Waals surface area contributed by atoms with E-state index in [1.54, 1.807) is 54.6 Å². The Morgan fingerprint density at radius 3 is 2.22 bits per heavy atom. The zero-order valence-corrected chi connectivity index (χ0v) is 15.9. The minimum atomic E-state index is -0.434. The molecule has 144 valence electrons. The van der Waals surface area contributed by atoms with Crippen LogP contribution >= 0.6 is 0 Å². The van der Waals surface area contributed by atoms with Crippen molar-refractivity contribution in [2.24, 2.45) is 5.92 Å². The summed E-state index contributed by atoms with van der Waals surface area (Å²) < 4.78 is 21.7. The van der Waals surface area contributed by atoms with E-state index in [1.807, 2.05) is 0 Å². The van der Waals surface area contributed by atoms with Crippen LogP contribution < -0.4 is 14.2 Å². The lowest BCUT2D eigenvalue weighted by atomic mass is 10.1. The van der Waals surface area contributed by atoms with Crippen LogP contribution in [0, 0.1) is 5.92 Å². The zero-order valence-electron chi connectivity index (χ0n) is 15.9. The molecule has 27 heavy (non-hydrogen) atoms. The summed E-state index contributed by atoms with van der Waals surface area (Å²) in [6.07, 6.45) is 2.73. The number of carbonyl (C=O) groups is 1. The third kappa shape index (κ3) is 7.15. The van der Waals surface area contributed by atoms with Crippen LogP contribution in [0.5, 0.6) is 17.2 Å². The predicted molar refractivity (Wildman–Crippen MR) is 104 cm³/mol. The highest BCUT2D eigenvalue weighted by Gasteiger charge is 2.09. The smallest absolute Gasteiger partial charge is 0.343 e. The summed E-state index contributed by atoms with van der Waals surface area (Å²) in [6.45, 7) is 9.13. The van der Waals surface area contributed by atoms with Gasteiger partial charge in [0.05, 0.1) is 12.2 Å². The van der Waals surface area contributed by atoms with Gasteiger partial charge in [-0.15, -0.1) is 0 Å². The predicted octanol–water partition coefficient (Wildman–Crippen LogP) is 4.87. The van der Waals surface area contributed by atoms with Crippen molar-refractivity contribution in [3.63, 3.8) is 0 Å². The van der Waals surface area contributed by atoms with E-state index >= 15 is 0 Å². The molecule has 0 amide bonds. The molecule has 0 saturated carbocycles. The van der Waals surface area contributed by atoms with E-state index in [0.717, 1.165) is 6.42 Å². The van der Waals surface area contributed by atoms with E-state index in [4.69, 9.17) is 18.9 Å². The Morgan fingerprint density at radius 1 is 1.00 bits per heavy atom. The monoisotopic (exact) mass is 370 g/mol. The van der Waals surface area contributed by atoms with Crippen LogP contribution in [0.2, 0.25) is 0 Å². The highest BCUT2D eigenvalue weighted by molar-refractivity contribution is 5.91. The van der Waals surface area contributed by atoms with E-state index in [1.165, 1.54) is 0 Å². The van der Waals surface area contributed by atoms with Gasteiger partial charge in [-0.2, -0.15) is 0 Å².